The molecule has 2 amide bonds. The second-order valence-electron chi connectivity index (χ2n) is 9.67. The van der Waals surface area contributed by atoms with Crippen molar-refractivity contribution in [3.8, 4) is 11.1 Å². The molecule has 0 saturated heterocycles. The molecule has 1 unspecified atom stereocenters. The molecular formula is C28H34N2O5. The van der Waals surface area contributed by atoms with E-state index in [1.54, 1.807) is 0 Å². The van der Waals surface area contributed by atoms with Crippen molar-refractivity contribution in [3.05, 3.63) is 59.7 Å². The monoisotopic (exact) mass is 478 g/mol. The molecule has 0 radical (unpaired) electrons. The number of rotatable bonds is 12. The summed E-state index contributed by atoms with van der Waals surface area (Å²) in [5, 5.41) is 14.8. The van der Waals surface area contributed by atoms with Crippen molar-refractivity contribution in [2.45, 2.75) is 57.4 Å². The fraction of sp³-hybridized carbons (Fsp3) is 0.464. The van der Waals surface area contributed by atoms with Crippen molar-refractivity contribution >= 4 is 18.0 Å². The molecule has 1 saturated carbocycles. The third-order valence-corrected chi connectivity index (χ3v) is 6.93. The van der Waals surface area contributed by atoms with Gasteiger partial charge in [0.2, 0.25) is 5.91 Å². The Hall–Kier alpha value is -3.35. The van der Waals surface area contributed by atoms with Crippen LogP contribution in [0.5, 0.6) is 0 Å². The number of ether oxygens (including phenoxy) is 1. The normalized spacial score (nSPS) is 16.0. The molecule has 2 aromatic rings. The Bertz CT molecular complexity index is 1020. The molecular weight excluding hydrogens is 444 g/mol. The van der Waals surface area contributed by atoms with Gasteiger partial charge in [-0.1, -0.05) is 74.7 Å². The van der Waals surface area contributed by atoms with Gasteiger partial charge in [0.05, 0.1) is 12.3 Å². The molecule has 7 nitrogen and oxygen atoms in total. The van der Waals surface area contributed by atoms with Gasteiger partial charge in [-0.05, 0) is 41.0 Å². The third kappa shape index (κ3) is 6.41. The first-order valence-corrected chi connectivity index (χ1v) is 12.6. The van der Waals surface area contributed by atoms with Gasteiger partial charge in [-0.25, -0.2) is 4.79 Å². The van der Waals surface area contributed by atoms with Crippen LogP contribution < -0.4 is 10.6 Å². The summed E-state index contributed by atoms with van der Waals surface area (Å²) in [6, 6.07) is 15.9. The predicted octanol–water partition coefficient (Wildman–Crippen LogP) is 4.70. The van der Waals surface area contributed by atoms with Gasteiger partial charge >= 0.3 is 12.1 Å². The fourth-order valence-electron chi connectivity index (χ4n) is 5.00. The van der Waals surface area contributed by atoms with Crippen molar-refractivity contribution in [3.63, 3.8) is 0 Å². The third-order valence-electron chi connectivity index (χ3n) is 6.93. The van der Waals surface area contributed by atoms with Gasteiger partial charge in [0, 0.05) is 18.5 Å². The van der Waals surface area contributed by atoms with Crippen molar-refractivity contribution < 1.29 is 24.2 Å². The molecule has 4 rings (SSSR count). The molecule has 0 aliphatic heterocycles. The summed E-state index contributed by atoms with van der Waals surface area (Å²) in [5.41, 5.74) is 4.63. The van der Waals surface area contributed by atoms with Gasteiger partial charge in [-0.2, -0.15) is 0 Å². The molecule has 186 valence electrons. The van der Waals surface area contributed by atoms with Gasteiger partial charge in [-0.3, -0.25) is 9.59 Å². The van der Waals surface area contributed by atoms with Gasteiger partial charge in [-0.15, -0.1) is 0 Å². The highest BCUT2D eigenvalue weighted by Gasteiger charge is 2.32. The van der Waals surface area contributed by atoms with Crippen LogP contribution >= 0.6 is 0 Å². The van der Waals surface area contributed by atoms with E-state index in [4.69, 9.17) is 9.84 Å². The fourth-order valence-corrected chi connectivity index (χ4v) is 5.00. The molecule has 2 aliphatic carbocycles. The maximum absolute atomic E-state index is 12.9. The van der Waals surface area contributed by atoms with Crippen molar-refractivity contribution in [1.29, 1.82) is 0 Å². The van der Waals surface area contributed by atoms with Crippen molar-refractivity contribution in [1.82, 2.24) is 10.6 Å². The zero-order valence-electron chi connectivity index (χ0n) is 20.2. The summed E-state index contributed by atoms with van der Waals surface area (Å²) >= 11 is 0. The number of hydrogen-bond acceptors (Lipinski definition) is 4. The second-order valence-corrected chi connectivity index (χ2v) is 9.67. The summed E-state index contributed by atoms with van der Waals surface area (Å²) in [6.07, 6.45) is 3.59. The Labute approximate surface area is 206 Å². The highest BCUT2D eigenvalue weighted by atomic mass is 16.5. The Morgan fingerprint density at radius 2 is 1.66 bits per heavy atom. The lowest BCUT2D eigenvalue weighted by molar-refractivity contribution is -0.137. The van der Waals surface area contributed by atoms with E-state index in [9.17, 15) is 14.4 Å². The number of amides is 2. The molecule has 7 heteroatoms. The van der Waals surface area contributed by atoms with Gasteiger partial charge in [0.1, 0.15) is 6.61 Å². The number of alkyl carbamates (subject to hydrolysis) is 1. The topological polar surface area (TPSA) is 105 Å². The van der Waals surface area contributed by atoms with Crippen LogP contribution in [0.4, 0.5) is 4.79 Å². The quantitative estimate of drug-likeness (QED) is 0.410. The molecule has 1 fully saturated rings. The van der Waals surface area contributed by atoms with E-state index in [2.05, 4.69) is 34.9 Å². The van der Waals surface area contributed by atoms with Crippen LogP contribution in [-0.4, -0.2) is 42.3 Å². The number of carboxylic acids is 1. The number of nitrogens with one attached hydrogen (secondary N) is 2. The molecule has 2 aliphatic rings. The van der Waals surface area contributed by atoms with E-state index in [0.717, 1.165) is 30.4 Å². The average Bonchev–Trinajstić information content (AvgIpc) is 3.60. The minimum atomic E-state index is -0.931. The van der Waals surface area contributed by atoms with Crippen molar-refractivity contribution in [2.75, 3.05) is 13.2 Å². The summed E-state index contributed by atoms with van der Waals surface area (Å²) < 4.78 is 5.60. The largest absolute Gasteiger partial charge is 0.481 e. The number of carbonyl (C=O) groups is 3. The number of aliphatic carboxylic acids is 1. The van der Waals surface area contributed by atoms with Crippen LogP contribution in [0.2, 0.25) is 0 Å². The molecule has 2 aromatic carbocycles. The summed E-state index contributed by atoms with van der Waals surface area (Å²) in [4.78, 5) is 36.7. The minimum Gasteiger partial charge on any atom is -0.481 e. The maximum Gasteiger partial charge on any atom is 0.407 e. The van der Waals surface area contributed by atoms with Crippen molar-refractivity contribution in [2.24, 2.45) is 11.8 Å². The first-order valence-electron chi connectivity index (χ1n) is 12.6. The highest BCUT2D eigenvalue weighted by Crippen LogP contribution is 2.44. The smallest absolute Gasteiger partial charge is 0.407 e. The number of benzene rings is 2. The Morgan fingerprint density at radius 3 is 2.23 bits per heavy atom. The molecule has 2 atom stereocenters. The second kappa shape index (κ2) is 11.4. The van der Waals surface area contributed by atoms with E-state index in [0.29, 0.717) is 18.8 Å². The van der Waals surface area contributed by atoms with E-state index < -0.39 is 24.0 Å². The van der Waals surface area contributed by atoms with Crippen LogP contribution in [0.25, 0.3) is 11.1 Å². The number of carbonyl (C=O) groups excluding carboxylic acids is 2. The lowest BCUT2D eigenvalue weighted by Crippen LogP contribution is -2.44. The number of hydrogen-bond donors (Lipinski definition) is 3. The number of carboxylic acid groups (broad SMARTS) is 1. The van der Waals surface area contributed by atoms with Gasteiger partial charge in [0.25, 0.3) is 0 Å². The molecule has 0 spiro atoms. The van der Waals surface area contributed by atoms with Crippen LogP contribution in [0.15, 0.2) is 48.5 Å². The Balaban J connectivity index is 1.33. The van der Waals surface area contributed by atoms with Gasteiger partial charge < -0.3 is 20.5 Å². The SMILES string of the molecule is CCC[C@H](CC(=O)O)NC(=O)C(CNC(=O)OCC1c2ccccc2-c2ccccc21)CC1CC1. The maximum atomic E-state index is 12.9. The molecule has 0 heterocycles. The Morgan fingerprint density at radius 1 is 1.03 bits per heavy atom. The van der Waals surface area contributed by atoms with E-state index in [1.165, 1.54) is 11.1 Å². The van der Waals surface area contributed by atoms with E-state index in [1.807, 2.05) is 31.2 Å². The molecule has 0 aromatic heterocycles. The minimum absolute atomic E-state index is 0.0236. The lowest BCUT2D eigenvalue weighted by atomic mass is 9.98. The highest BCUT2D eigenvalue weighted by molar-refractivity contribution is 5.81. The number of fused-ring (bicyclic) bond motifs is 3. The summed E-state index contributed by atoms with van der Waals surface area (Å²) in [6.45, 7) is 2.35. The molecule has 3 N–H and O–H groups in total. The lowest BCUT2D eigenvalue weighted by Gasteiger charge is -2.22. The first kappa shape index (κ1) is 24.8. The standard InChI is InChI=1S/C28H34N2O5/c1-2-7-20(15-26(31)32)30-27(33)19(14-18-12-13-18)16-29-28(34)35-17-25-23-10-5-3-8-21(23)22-9-4-6-11-24(22)25/h3-6,8-11,18-20,25H,2,7,12-17H2,1H3,(H,29,34)(H,30,33)(H,31,32)/t19?,20-/m1/s1. The zero-order valence-corrected chi connectivity index (χ0v) is 20.2. The summed E-state index contributed by atoms with van der Waals surface area (Å²) in [7, 11) is 0. The Kier molecular flexibility index (Phi) is 8.06. The molecule has 0 bridgehead atoms. The van der Waals surface area contributed by atoms with Gasteiger partial charge in [0.15, 0.2) is 0 Å². The predicted molar refractivity (Wildman–Crippen MR) is 133 cm³/mol. The molecule has 35 heavy (non-hydrogen) atoms. The van der Waals surface area contributed by atoms with Crippen LogP contribution in [0.3, 0.4) is 0 Å². The van der Waals surface area contributed by atoms with Crippen LogP contribution in [0.1, 0.15) is 62.5 Å². The summed E-state index contributed by atoms with van der Waals surface area (Å²) in [5.74, 6) is -1.07. The average molecular weight is 479 g/mol. The zero-order chi connectivity index (χ0) is 24.8. The van der Waals surface area contributed by atoms with E-state index >= 15 is 0 Å². The van der Waals surface area contributed by atoms with Crippen LogP contribution in [0, 0.1) is 11.8 Å². The van der Waals surface area contributed by atoms with E-state index in [-0.39, 0.29) is 31.4 Å². The van der Waals surface area contributed by atoms with Crippen LogP contribution in [-0.2, 0) is 14.3 Å². The first-order chi connectivity index (χ1) is 17.0.